The molecule has 2 aliphatic rings. The summed E-state index contributed by atoms with van der Waals surface area (Å²) in [5.41, 5.74) is 6.45. The van der Waals surface area contributed by atoms with E-state index in [1.54, 1.807) is 5.01 Å². The highest BCUT2D eigenvalue weighted by atomic mass is 16.2. The molecule has 1 aliphatic carbocycles. The van der Waals surface area contributed by atoms with E-state index in [1.165, 1.54) is 33.2 Å². The topological polar surface area (TPSA) is 68.6 Å². The second-order valence-corrected chi connectivity index (χ2v) is 9.34. The number of aromatic nitrogens is 1. The summed E-state index contributed by atoms with van der Waals surface area (Å²) in [5.74, 6) is 5.67. The van der Waals surface area contributed by atoms with Crippen LogP contribution in [0.2, 0.25) is 0 Å². The summed E-state index contributed by atoms with van der Waals surface area (Å²) in [4.78, 5) is 20.6. The Morgan fingerprint density at radius 2 is 1.85 bits per heavy atom. The number of benzene rings is 2. The van der Waals surface area contributed by atoms with Gasteiger partial charge in [0.2, 0.25) is 5.91 Å². The molecule has 180 valence electrons. The zero-order chi connectivity index (χ0) is 24.2. The van der Waals surface area contributed by atoms with Crippen LogP contribution in [-0.4, -0.2) is 65.5 Å². The largest absolute Gasteiger partial charge is 0.361 e. The summed E-state index contributed by atoms with van der Waals surface area (Å²) >= 11 is 0. The van der Waals surface area contributed by atoms with Gasteiger partial charge < -0.3 is 9.88 Å². The fraction of sp³-hybridized carbons (Fsp3) is 0.393. The summed E-state index contributed by atoms with van der Waals surface area (Å²) in [5, 5.41) is 3.00. The van der Waals surface area contributed by atoms with Crippen molar-refractivity contribution in [3.05, 3.63) is 77.5 Å². The smallest absolute Gasteiger partial charge is 0.230 e. The number of nitrogens with one attached hydrogen (secondary N) is 1. The molecule has 34 heavy (non-hydrogen) atoms. The highest BCUT2D eigenvalue weighted by molar-refractivity contribution is 5.99. The first-order chi connectivity index (χ1) is 16.4. The molecule has 1 amide bonds. The molecule has 0 fully saturated rings. The van der Waals surface area contributed by atoms with E-state index in [2.05, 4.69) is 73.4 Å². The van der Waals surface area contributed by atoms with Crippen LogP contribution in [0.15, 0.2) is 60.8 Å². The van der Waals surface area contributed by atoms with Crippen molar-refractivity contribution in [3.8, 4) is 0 Å². The number of carbonyl (C=O) groups is 1. The molecule has 1 aliphatic heterocycles. The van der Waals surface area contributed by atoms with Gasteiger partial charge in [-0.2, -0.15) is 0 Å². The van der Waals surface area contributed by atoms with Crippen molar-refractivity contribution in [2.75, 3.05) is 33.7 Å². The zero-order valence-corrected chi connectivity index (χ0v) is 20.8. The first-order valence-corrected chi connectivity index (χ1v) is 12.2. The molecule has 0 saturated heterocycles. The summed E-state index contributed by atoms with van der Waals surface area (Å²) < 4.78 is 0. The molecule has 0 unspecified atom stereocenters. The quantitative estimate of drug-likeness (QED) is 0.449. The van der Waals surface area contributed by atoms with E-state index in [4.69, 9.17) is 5.84 Å². The van der Waals surface area contributed by atoms with Crippen molar-refractivity contribution >= 4 is 22.4 Å². The summed E-state index contributed by atoms with van der Waals surface area (Å²) in [6.07, 6.45) is 5.41. The third kappa shape index (κ3) is 4.94. The molecule has 2 heterocycles. The van der Waals surface area contributed by atoms with Gasteiger partial charge in [0.15, 0.2) is 0 Å². The van der Waals surface area contributed by atoms with E-state index in [-0.39, 0.29) is 11.8 Å². The molecule has 3 aromatic rings. The molecule has 0 bridgehead atoms. The Morgan fingerprint density at radius 1 is 1.12 bits per heavy atom. The Hall–Kier alpha value is -2.93. The molecule has 5 rings (SSSR count). The fourth-order valence-electron chi connectivity index (χ4n) is 5.25. The highest BCUT2D eigenvalue weighted by Crippen LogP contribution is 2.40. The Labute approximate surface area is 203 Å². The normalized spacial score (nSPS) is 19.3. The molecule has 2 atom stereocenters. The van der Waals surface area contributed by atoms with Crippen LogP contribution < -0.4 is 5.84 Å². The van der Waals surface area contributed by atoms with Crippen molar-refractivity contribution in [2.45, 2.75) is 32.9 Å². The standard InChI is InChI=1S/C20H25N3O.C8H12N2/c1-4-23(5-2)20(24)14-9-16-15-7-6-8-17-19(15)13(11-21-17)10-18(16)22(3)12-14;1-10(9)7-8-5-3-2-4-6-8/h6-9,11,14,18,21H,4-5,10,12H2,1-3H3;2-6H,7,9H2,1H3/t14-,18-;/m1./s1. The Kier molecular flexibility index (Phi) is 7.51. The van der Waals surface area contributed by atoms with E-state index in [0.29, 0.717) is 6.04 Å². The molecule has 6 nitrogen and oxygen atoms in total. The number of aromatic amines is 1. The van der Waals surface area contributed by atoms with Gasteiger partial charge in [0, 0.05) is 56.4 Å². The van der Waals surface area contributed by atoms with Gasteiger partial charge in [-0.25, -0.2) is 5.01 Å². The molecular weight excluding hydrogens is 422 g/mol. The third-order valence-electron chi connectivity index (χ3n) is 6.94. The lowest BCUT2D eigenvalue weighted by atomic mass is 9.79. The number of carbonyl (C=O) groups excluding carboxylic acids is 1. The zero-order valence-electron chi connectivity index (χ0n) is 20.8. The van der Waals surface area contributed by atoms with Crippen LogP contribution in [0.3, 0.4) is 0 Å². The number of fused-ring (bicyclic) bond motifs is 2. The van der Waals surface area contributed by atoms with Crippen LogP contribution in [0, 0.1) is 5.92 Å². The average molecular weight is 460 g/mol. The van der Waals surface area contributed by atoms with Gasteiger partial charge in [-0.05, 0) is 55.6 Å². The number of hydrazine groups is 1. The maximum Gasteiger partial charge on any atom is 0.230 e. The molecule has 0 radical (unpaired) electrons. The lowest BCUT2D eigenvalue weighted by Crippen LogP contribution is -2.47. The summed E-state index contributed by atoms with van der Waals surface area (Å²) in [6.45, 7) is 7.27. The van der Waals surface area contributed by atoms with Gasteiger partial charge in [0.05, 0.1) is 5.92 Å². The summed E-state index contributed by atoms with van der Waals surface area (Å²) in [7, 11) is 4.00. The minimum absolute atomic E-state index is 0.0445. The molecular formula is C28H37N5O. The number of H-pyrrole nitrogens is 1. The number of nitrogens with two attached hydrogens (primary N) is 1. The van der Waals surface area contributed by atoms with Gasteiger partial charge >= 0.3 is 0 Å². The fourth-order valence-corrected chi connectivity index (χ4v) is 5.25. The van der Waals surface area contributed by atoms with Crippen molar-refractivity contribution in [1.82, 2.24) is 19.8 Å². The lowest BCUT2D eigenvalue weighted by Gasteiger charge is -2.40. The number of hydrogen-bond donors (Lipinski definition) is 2. The Morgan fingerprint density at radius 3 is 2.53 bits per heavy atom. The van der Waals surface area contributed by atoms with E-state index >= 15 is 0 Å². The van der Waals surface area contributed by atoms with Crippen molar-refractivity contribution in [3.63, 3.8) is 0 Å². The van der Waals surface area contributed by atoms with Gasteiger partial charge in [-0.3, -0.25) is 15.5 Å². The second-order valence-electron chi connectivity index (χ2n) is 9.34. The number of nitrogens with zero attached hydrogens (tertiary/aromatic N) is 3. The predicted molar refractivity (Wildman–Crippen MR) is 140 cm³/mol. The van der Waals surface area contributed by atoms with Crippen LogP contribution in [0.4, 0.5) is 0 Å². The van der Waals surface area contributed by atoms with Gasteiger partial charge in [0.25, 0.3) is 0 Å². The van der Waals surface area contributed by atoms with E-state index in [0.717, 1.165) is 32.6 Å². The number of likely N-dealkylation sites (N-methyl/N-ethyl adjacent to an activating group) is 1. The summed E-state index contributed by atoms with van der Waals surface area (Å²) in [6, 6.07) is 17.0. The third-order valence-corrected chi connectivity index (χ3v) is 6.94. The molecule has 2 aromatic carbocycles. The van der Waals surface area contributed by atoms with Gasteiger partial charge in [-0.15, -0.1) is 0 Å². The number of rotatable bonds is 5. The Balaban J connectivity index is 0.000000231. The number of amides is 1. The van der Waals surface area contributed by atoms with E-state index in [9.17, 15) is 4.79 Å². The molecule has 6 heteroatoms. The van der Waals surface area contributed by atoms with E-state index in [1.807, 2.05) is 30.1 Å². The van der Waals surface area contributed by atoms with Crippen molar-refractivity contribution in [2.24, 2.45) is 11.8 Å². The second kappa shape index (κ2) is 10.6. The lowest BCUT2D eigenvalue weighted by molar-refractivity contribution is -0.134. The van der Waals surface area contributed by atoms with E-state index < -0.39 is 0 Å². The minimum atomic E-state index is -0.0445. The maximum atomic E-state index is 12.9. The molecule has 0 saturated carbocycles. The molecule has 3 N–H and O–H groups in total. The molecule has 0 spiro atoms. The average Bonchev–Trinajstić information content (AvgIpc) is 3.25. The van der Waals surface area contributed by atoms with Crippen LogP contribution in [0.1, 0.15) is 30.5 Å². The number of hydrogen-bond acceptors (Lipinski definition) is 4. The maximum absolute atomic E-state index is 12.9. The SMILES string of the molecule is CCN(CC)C(=O)[C@@H]1C=C2c3cccc4[nH]cc(c34)C[C@H]2N(C)C1.CN(N)Cc1ccccc1. The van der Waals surface area contributed by atoms with Crippen molar-refractivity contribution < 1.29 is 4.79 Å². The first-order valence-electron chi connectivity index (χ1n) is 12.2. The van der Waals surface area contributed by atoms with Gasteiger partial charge in [-0.1, -0.05) is 48.5 Å². The van der Waals surface area contributed by atoms with Crippen LogP contribution >= 0.6 is 0 Å². The predicted octanol–water partition coefficient (Wildman–Crippen LogP) is 3.90. The van der Waals surface area contributed by atoms with Crippen LogP contribution in [-0.2, 0) is 17.8 Å². The van der Waals surface area contributed by atoms with Crippen LogP contribution in [0.25, 0.3) is 16.5 Å². The Bertz CT molecular complexity index is 1150. The van der Waals surface area contributed by atoms with Crippen molar-refractivity contribution in [1.29, 1.82) is 0 Å². The van der Waals surface area contributed by atoms with Crippen LogP contribution in [0.5, 0.6) is 0 Å². The monoisotopic (exact) mass is 459 g/mol. The minimum Gasteiger partial charge on any atom is -0.361 e. The van der Waals surface area contributed by atoms with Gasteiger partial charge in [0.1, 0.15) is 0 Å². The molecule has 1 aromatic heterocycles. The first kappa shape index (κ1) is 24.2. The highest BCUT2D eigenvalue weighted by Gasteiger charge is 2.36.